The Morgan fingerprint density at radius 1 is 1.63 bits per heavy atom. The summed E-state index contributed by atoms with van der Waals surface area (Å²) in [6, 6.07) is 0.123. The molecule has 1 aromatic heterocycles. The van der Waals surface area contributed by atoms with Crippen LogP contribution >= 0.6 is 15.9 Å². The van der Waals surface area contributed by atoms with E-state index in [1.165, 1.54) is 4.68 Å². The molecule has 19 heavy (non-hydrogen) atoms. The van der Waals surface area contributed by atoms with Crippen molar-refractivity contribution in [2.45, 2.75) is 26.4 Å². The zero-order valence-corrected chi connectivity index (χ0v) is 13.1. The van der Waals surface area contributed by atoms with Crippen molar-refractivity contribution in [3.05, 3.63) is 33.7 Å². The summed E-state index contributed by atoms with van der Waals surface area (Å²) >= 11 is 3.32. The third-order valence-electron chi connectivity index (χ3n) is 2.78. The van der Waals surface area contributed by atoms with Gasteiger partial charge in [0, 0.05) is 7.11 Å². The standard InChI is InChI=1S/C13H20BrN3O2/c1-5-6-17-13(18)12(14)10(7-15-17)16-11(8-19-4)9(2)3/h5,7,9,11,16H,1,6,8H2,2-4H3. The van der Waals surface area contributed by atoms with E-state index < -0.39 is 0 Å². The topological polar surface area (TPSA) is 56.1 Å². The highest BCUT2D eigenvalue weighted by atomic mass is 79.9. The summed E-state index contributed by atoms with van der Waals surface area (Å²) in [5.74, 6) is 0.377. The van der Waals surface area contributed by atoms with Crippen LogP contribution in [0.4, 0.5) is 5.69 Å². The van der Waals surface area contributed by atoms with E-state index in [2.05, 4.69) is 46.8 Å². The Morgan fingerprint density at radius 3 is 2.84 bits per heavy atom. The Bertz CT molecular complexity index is 485. The molecule has 1 N–H and O–H groups in total. The van der Waals surface area contributed by atoms with Gasteiger partial charge in [0.2, 0.25) is 0 Å². The molecule has 0 saturated heterocycles. The van der Waals surface area contributed by atoms with Gasteiger partial charge in [-0.25, -0.2) is 4.68 Å². The fourth-order valence-electron chi connectivity index (χ4n) is 1.60. The van der Waals surface area contributed by atoms with E-state index in [0.717, 1.165) is 0 Å². The van der Waals surface area contributed by atoms with Crippen LogP contribution in [-0.2, 0) is 11.3 Å². The zero-order valence-electron chi connectivity index (χ0n) is 11.5. The van der Waals surface area contributed by atoms with Gasteiger partial charge in [0.15, 0.2) is 0 Å². The first-order chi connectivity index (χ1) is 9.01. The highest BCUT2D eigenvalue weighted by Gasteiger charge is 2.16. The smallest absolute Gasteiger partial charge is 0.283 e. The highest BCUT2D eigenvalue weighted by molar-refractivity contribution is 9.10. The first kappa shape index (κ1) is 15.9. The molecule has 0 aliphatic heterocycles. The minimum atomic E-state index is -0.176. The number of ether oxygens (including phenoxy) is 1. The molecular weight excluding hydrogens is 310 g/mol. The van der Waals surface area contributed by atoms with Gasteiger partial charge in [-0.1, -0.05) is 19.9 Å². The number of aromatic nitrogens is 2. The molecule has 0 aliphatic carbocycles. The lowest BCUT2D eigenvalue weighted by Gasteiger charge is -2.23. The molecule has 1 rings (SSSR count). The van der Waals surface area contributed by atoms with Crippen molar-refractivity contribution in [3.8, 4) is 0 Å². The number of allylic oxidation sites excluding steroid dienone is 1. The maximum Gasteiger partial charge on any atom is 0.283 e. The fourth-order valence-corrected chi connectivity index (χ4v) is 2.02. The Labute approximate surface area is 121 Å². The van der Waals surface area contributed by atoms with Gasteiger partial charge in [0.05, 0.1) is 31.1 Å². The largest absolute Gasteiger partial charge is 0.383 e. The normalized spacial score (nSPS) is 12.5. The van der Waals surface area contributed by atoms with Crippen molar-refractivity contribution in [3.63, 3.8) is 0 Å². The fraction of sp³-hybridized carbons (Fsp3) is 0.538. The average molecular weight is 330 g/mol. The van der Waals surface area contributed by atoms with Crippen LogP contribution in [0.3, 0.4) is 0 Å². The minimum Gasteiger partial charge on any atom is -0.383 e. The van der Waals surface area contributed by atoms with Crippen LogP contribution in [0.25, 0.3) is 0 Å². The maximum absolute atomic E-state index is 12.0. The number of rotatable bonds is 7. The first-order valence-electron chi connectivity index (χ1n) is 6.13. The molecule has 5 nitrogen and oxygen atoms in total. The molecule has 106 valence electrons. The zero-order chi connectivity index (χ0) is 14.4. The van der Waals surface area contributed by atoms with Crippen molar-refractivity contribution >= 4 is 21.6 Å². The van der Waals surface area contributed by atoms with Gasteiger partial charge in [-0.3, -0.25) is 4.79 Å². The molecule has 0 bridgehead atoms. The molecule has 1 atom stereocenters. The van der Waals surface area contributed by atoms with Crippen LogP contribution < -0.4 is 10.9 Å². The lowest BCUT2D eigenvalue weighted by molar-refractivity contribution is 0.171. The Kier molecular flexibility index (Phi) is 6.24. The highest BCUT2D eigenvalue weighted by Crippen LogP contribution is 2.19. The molecule has 0 saturated carbocycles. The van der Waals surface area contributed by atoms with Gasteiger partial charge < -0.3 is 10.1 Å². The van der Waals surface area contributed by atoms with Gasteiger partial charge >= 0.3 is 0 Å². The predicted molar refractivity (Wildman–Crippen MR) is 80.5 cm³/mol. The molecule has 0 radical (unpaired) electrons. The van der Waals surface area contributed by atoms with Crippen LogP contribution in [0.5, 0.6) is 0 Å². The van der Waals surface area contributed by atoms with Crippen LogP contribution in [0.2, 0.25) is 0 Å². The number of halogens is 1. The van der Waals surface area contributed by atoms with Gasteiger partial charge in [0.1, 0.15) is 4.47 Å². The summed E-state index contributed by atoms with van der Waals surface area (Å²) in [6.45, 7) is 8.75. The third kappa shape index (κ3) is 4.18. The second-order valence-corrected chi connectivity index (χ2v) is 5.39. The Morgan fingerprint density at radius 2 is 2.32 bits per heavy atom. The summed E-state index contributed by atoms with van der Waals surface area (Å²) in [7, 11) is 1.66. The second-order valence-electron chi connectivity index (χ2n) is 4.60. The van der Waals surface area contributed by atoms with Crippen molar-refractivity contribution in [2.75, 3.05) is 19.0 Å². The second kappa shape index (κ2) is 7.45. The van der Waals surface area contributed by atoms with Gasteiger partial charge in [-0.2, -0.15) is 5.10 Å². The number of nitrogens with one attached hydrogen (secondary N) is 1. The van der Waals surface area contributed by atoms with Crippen LogP contribution in [0.1, 0.15) is 13.8 Å². The molecule has 0 aromatic carbocycles. The summed E-state index contributed by atoms with van der Waals surface area (Å²) in [5, 5.41) is 7.39. The first-order valence-corrected chi connectivity index (χ1v) is 6.92. The summed E-state index contributed by atoms with van der Waals surface area (Å²) in [5.41, 5.74) is 0.505. The summed E-state index contributed by atoms with van der Waals surface area (Å²) < 4.78 is 7.00. The van der Waals surface area contributed by atoms with Crippen molar-refractivity contribution in [1.82, 2.24) is 9.78 Å². The van der Waals surface area contributed by atoms with E-state index in [9.17, 15) is 4.79 Å². The monoisotopic (exact) mass is 329 g/mol. The Hall–Kier alpha value is -1.14. The third-order valence-corrected chi connectivity index (χ3v) is 3.55. The maximum atomic E-state index is 12.0. The number of methoxy groups -OCH3 is 1. The number of anilines is 1. The van der Waals surface area contributed by atoms with Gasteiger partial charge in [-0.05, 0) is 21.8 Å². The molecule has 6 heteroatoms. The molecular formula is C13H20BrN3O2. The van der Waals surface area contributed by atoms with E-state index in [-0.39, 0.29) is 11.6 Å². The van der Waals surface area contributed by atoms with Crippen molar-refractivity contribution < 1.29 is 4.74 Å². The molecule has 0 aliphatic rings. The van der Waals surface area contributed by atoms with Gasteiger partial charge in [0.25, 0.3) is 5.56 Å². The van der Waals surface area contributed by atoms with E-state index in [0.29, 0.717) is 29.2 Å². The number of hydrogen-bond acceptors (Lipinski definition) is 4. The van der Waals surface area contributed by atoms with Crippen LogP contribution in [0, 0.1) is 5.92 Å². The predicted octanol–water partition coefficient (Wildman–Crippen LogP) is 2.27. The average Bonchev–Trinajstić information content (AvgIpc) is 2.37. The van der Waals surface area contributed by atoms with Crippen molar-refractivity contribution in [1.29, 1.82) is 0 Å². The van der Waals surface area contributed by atoms with Crippen molar-refractivity contribution in [2.24, 2.45) is 5.92 Å². The molecule has 0 fully saturated rings. The molecule has 0 amide bonds. The van der Waals surface area contributed by atoms with Crippen LogP contribution in [-0.4, -0.2) is 29.5 Å². The number of nitrogens with zero attached hydrogens (tertiary/aromatic N) is 2. The molecule has 0 spiro atoms. The SMILES string of the molecule is C=CCn1ncc(NC(COC)C(C)C)c(Br)c1=O. The molecule has 1 aromatic rings. The Balaban J connectivity index is 2.98. The summed E-state index contributed by atoms with van der Waals surface area (Å²) in [4.78, 5) is 12.0. The lowest BCUT2D eigenvalue weighted by atomic mass is 10.1. The minimum absolute atomic E-state index is 0.123. The van der Waals surface area contributed by atoms with E-state index in [4.69, 9.17) is 4.74 Å². The van der Waals surface area contributed by atoms with E-state index in [1.54, 1.807) is 19.4 Å². The van der Waals surface area contributed by atoms with E-state index in [1.807, 2.05) is 0 Å². The van der Waals surface area contributed by atoms with Gasteiger partial charge in [-0.15, -0.1) is 6.58 Å². The molecule has 1 heterocycles. The summed E-state index contributed by atoms with van der Waals surface area (Å²) in [6.07, 6.45) is 3.27. The lowest BCUT2D eigenvalue weighted by Crippen LogP contribution is -2.32. The van der Waals surface area contributed by atoms with E-state index >= 15 is 0 Å². The number of hydrogen-bond donors (Lipinski definition) is 1. The quantitative estimate of drug-likeness (QED) is 0.780. The molecule has 1 unspecified atom stereocenters. The van der Waals surface area contributed by atoms with Crippen LogP contribution in [0.15, 0.2) is 28.1 Å².